The SMILES string of the molecule is CC(Nc1ccc2ncc(-c3cc(CO)ncn3)n2n1)c1cc(F)ccc1O. The third kappa shape index (κ3) is 3.35. The molecule has 0 saturated heterocycles. The van der Waals surface area contributed by atoms with Crippen molar-refractivity contribution in [3.63, 3.8) is 0 Å². The summed E-state index contributed by atoms with van der Waals surface area (Å²) in [7, 11) is 0. The molecule has 0 aliphatic rings. The first kappa shape index (κ1) is 17.8. The van der Waals surface area contributed by atoms with Crippen LogP contribution in [-0.4, -0.2) is 34.8 Å². The molecule has 0 spiro atoms. The fourth-order valence-electron chi connectivity index (χ4n) is 2.92. The Kier molecular flexibility index (Phi) is 4.58. The van der Waals surface area contributed by atoms with Gasteiger partial charge in [0.1, 0.15) is 29.4 Å². The van der Waals surface area contributed by atoms with Gasteiger partial charge in [-0.25, -0.2) is 23.9 Å². The Bertz CT molecular complexity index is 1150. The van der Waals surface area contributed by atoms with Crippen molar-refractivity contribution in [2.45, 2.75) is 19.6 Å². The van der Waals surface area contributed by atoms with Gasteiger partial charge in [-0.2, -0.15) is 0 Å². The average molecular weight is 380 g/mol. The number of rotatable bonds is 5. The summed E-state index contributed by atoms with van der Waals surface area (Å²) in [5.41, 5.74) is 2.75. The van der Waals surface area contributed by atoms with E-state index < -0.39 is 5.82 Å². The molecule has 0 amide bonds. The normalized spacial score (nSPS) is 12.2. The molecular weight excluding hydrogens is 363 g/mol. The number of aromatic nitrogens is 5. The molecule has 4 aromatic rings. The highest BCUT2D eigenvalue weighted by Crippen LogP contribution is 2.27. The van der Waals surface area contributed by atoms with Crippen molar-refractivity contribution in [2.75, 3.05) is 5.32 Å². The van der Waals surface area contributed by atoms with E-state index in [9.17, 15) is 14.6 Å². The predicted molar refractivity (Wildman–Crippen MR) is 100 cm³/mol. The van der Waals surface area contributed by atoms with Crippen LogP contribution in [0.4, 0.5) is 10.2 Å². The van der Waals surface area contributed by atoms with Gasteiger partial charge in [-0.1, -0.05) is 0 Å². The van der Waals surface area contributed by atoms with Crippen LogP contribution < -0.4 is 5.32 Å². The van der Waals surface area contributed by atoms with E-state index in [1.54, 1.807) is 35.8 Å². The van der Waals surface area contributed by atoms with E-state index in [0.717, 1.165) is 0 Å². The highest BCUT2D eigenvalue weighted by Gasteiger charge is 2.14. The lowest BCUT2D eigenvalue weighted by atomic mass is 10.1. The summed E-state index contributed by atoms with van der Waals surface area (Å²) in [6.07, 6.45) is 3.01. The third-order valence-electron chi connectivity index (χ3n) is 4.33. The molecular formula is C19H17FN6O2. The molecule has 0 aliphatic carbocycles. The van der Waals surface area contributed by atoms with Crippen LogP contribution in [0.5, 0.6) is 5.75 Å². The first-order valence-corrected chi connectivity index (χ1v) is 8.57. The summed E-state index contributed by atoms with van der Waals surface area (Å²) in [6, 6.07) is 8.62. The standard InChI is InChI=1S/C19H17FN6O2/c1-11(14-6-12(20)2-3-17(14)28)24-18-4-5-19-21-8-16(26(19)25-18)15-7-13(9-27)22-10-23-15/h2-8,10-11,27-28H,9H2,1H3,(H,24,25). The van der Waals surface area contributed by atoms with Crippen molar-refractivity contribution in [3.05, 3.63) is 66.0 Å². The number of aliphatic hydroxyl groups is 1. The van der Waals surface area contributed by atoms with E-state index in [4.69, 9.17) is 0 Å². The number of nitrogens with zero attached hydrogens (tertiary/aromatic N) is 5. The smallest absolute Gasteiger partial charge is 0.154 e. The summed E-state index contributed by atoms with van der Waals surface area (Å²) in [5, 5.41) is 26.9. The Morgan fingerprint density at radius 2 is 2.00 bits per heavy atom. The van der Waals surface area contributed by atoms with E-state index in [0.29, 0.717) is 34.1 Å². The lowest BCUT2D eigenvalue weighted by Crippen LogP contribution is -2.10. The number of phenolic OH excluding ortho intramolecular Hbond substituents is 1. The Labute approximate surface area is 159 Å². The van der Waals surface area contributed by atoms with Gasteiger partial charge >= 0.3 is 0 Å². The van der Waals surface area contributed by atoms with Gasteiger partial charge in [0.2, 0.25) is 0 Å². The fourth-order valence-corrected chi connectivity index (χ4v) is 2.92. The van der Waals surface area contributed by atoms with Crippen molar-refractivity contribution >= 4 is 11.5 Å². The van der Waals surface area contributed by atoms with Gasteiger partial charge in [-0.05, 0) is 43.3 Å². The number of hydrogen-bond acceptors (Lipinski definition) is 7. The molecule has 1 aromatic carbocycles. The number of aromatic hydroxyl groups is 1. The van der Waals surface area contributed by atoms with E-state index in [-0.39, 0.29) is 18.4 Å². The van der Waals surface area contributed by atoms with E-state index in [1.165, 1.54) is 24.5 Å². The number of hydrogen-bond donors (Lipinski definition) is 3. The van der Waals surface area contributed by atoms with Crippen LogP contribution in [0.3, 0.4) is 0 Å². The number of halogens is 1. The number of benzene rings is 1. The highest BCUT2D eigenvalue weighted by molar-refractivity contribution is 5.60. The molecule has 0 aliphatic heterocycles. The van der Waals surface area contributed by atoms with Gasteiger partial charge in [0.15, 0.2) is 5.65 Å². The van der Waals surface area contributed by atoms with Gasteiger partial charge in [0.25, 0.3) is 0 Å². The minimum absolute atomic E-state index is 0.00307. The monoisotopic (exact) mass is 380 g/mol. The first-order chi connectivity index (χ1) is 13.5. The van der Waals surface area contributed by atoms with Gasteiger partial charge < -0.3 is 15.5 Å². The van der Waals surface area contributed by atoms with Crippen LogP contribution in [0.15, 0.2) is 48.9 Å². The molecule has 4 rings (SSSR count). The van der Waals surface area contributed by atoms with Crippen molar-refractivity contribution in [1.82, 2.24) is 24.6 Å². The van der Waals surface area contributed by atoms with Crippen LogP contribution >= 0.6 is 0 Å². The van der Waals surface area contributed by atoms with Crippen molar-refractivity contribution in [2.24, 2.45) is 0 Å². The van der Waals surface area contributed by atoms with E-state index >= 15 is 0 Å². The van der Waals surface area contributed by atoms with Crippen molar-refractivity contribution in [3.8, 4) is 17.1 Å². The van der Waals surface area contributed by atoms with Gasteiger partial charge in [0.05, 0.1) is 30.2 Å². The van der Waals surface area contributed by atoms with E-state index in [1.807, 2.05) is 0 Å². The van der Waals surface area contributed by atoms with Crippen LogP contribution in [0.25, 0.3) is 17.0 Å². The molecule has 0 radical (unpaired) electrons. The molecule has 0 bridgehead atoms. The molecule has 0 fully saturated rings. The molecule has 0 saturated carbocycles. The lowest BCUT2D eigenvalue weighted by molar-refractivity contribution is 0.276. The Balaban J connectivity index is 1.68. The molecule has 9 heteroatoms. The zero-order valence-corrected chi connectivity index (χ0v) is 14.9. The number of anilines is 1. The molecule has 28 heavy (non-hydrogen) atoms. The summed E-state index contributed by atoms with van der Waals surface area (Å²) in [6.45, 7) is 1.61. The molecule has 8 nitrogen and oxygen atoms in total. The molecule has 3 heterocycles. The molecule has 3 aromatic heterocycles. The van der Waals surface area contributed by atoms with Crippen molar-refractivity contribution < 1.29 is 14.6 Å². The Morgan fingerprint density at radius 1 is 1.14 bits per heavy atom. The van der Waals surface area contributed by atoms with Crippen LogP contribution in [0, 0.1) is 5.82 Å². The van der Waals surface area contributed by atoms with Gasteiger partial charge in [0, 0.05) is 5.56 Å². The quantitative estimate of drug-likeness (QED) is 0.488. The second-order valence-electron chi connectivity index (χ2n) is 6.25. The second kappa shape index (κ2) is 7.20. The summed E-state index contributed by atoms with van der Waals surface area (Å²) in [5.74, 6) is 0.0906. The molecule has 3 N–H and O–H groups in total. The maximum Gasteiger partial charge on any atom is 0.154 e. The zero-order valence-electron chi connectivity index (χ0n) is 14.9. The fraction of sp³-hybridized carbons (Fsp3) is 0.158. The van der Waals surface area contributed by atoms with Gasteiger partial charge in [-0.15, -0.1) is 5.10 Å². The highest BCUT2D eigenvalue weighted by atomic mass is 19.1. The number of nitrogens with one attached hydrogen (secondary N) is 1. The zero-order chi connectivity index (χ0) is 19.7. The summed E-state index contributed by atoms with van der Waals surface area (Å²) >= 11 is 0. The first-order valence-electron chi connectivity index (χ1n) is 8.57. The Hall–Kier alpha value is -3.59. The molecule has 1 unspecified atom stereocenters. The largest absolute Gasteiger partial charge is 0.508 e. The van der Waals surface area contributed by atoms with Crippen molar-refractivity contribution in [1.29, 1.82) is 0 Å². The Morgan fingerprint density at radius 3 is 2.82 bits per heavy atom. The second-order valence-corrected chi connectivity index (χ2v) is 6.25. The minimum Gasteiger partial charge on any atom is -0.508 e. The average Bonchev–Trinajstić information content (AvgIpc) is 3.13. The van der Waals surface area contributed by atoms with Gasteiger partial charge in [-0.3, -0.25) is 0 Å². The summed E-state index contributed by atoms with van der Waals surface area (Å²) < 4.78 is 15.1. The maximum atomic E-state index is 13.5. The number of imidazole rings is 1. The van der Waals surface area contributed by atoms with E-state index in [2.05, 4.69) is 25.4 Å². The topological polar surface area (TPSA) is 108 Å². The third-order valence-corrected chi connectivity index (χ3v) is 4.33. The minimum atomic E-state index is -0.426. The van der Waals surface area contributed by atoms with Crippen LogP contribution in [-0.2, 0) is 6.61 Å². The number of fused-ring (bicyclic) bond motifs is 1. The molecule has 1 atom stereocenters. The number of phenols is 1. The number of aliphatic hydroxyl groups excluding tert-OH is 1. The van der Waals surface area contributed by atoms with Crippen LogP contribution in [0.1, 0.15) is 24.2 Å². The lowest BCUT2D eigenvalue weighted by Gasteiger charge is -2.16. The van der Waals surface area contributed by atoms with Crippen LogP contribution in [0.2, 0.25) is 0 Å². The predicted octanol–water partition coefficient (Wildman–Crippen LogP) is 2.70. The molecule has 142 valence electrons. The summed E-state index contributed by atoms with van der Waals surface area (Å²) in [4.78, 5) is 12.5. The maximum absolute atomic E-state index is 13.5.